The molecular weight excluding hydrogens is 294 g/mol. The third-order valence-corrected chi connectivity index (χ3v) is 4.02. The third kappa shape index (κ3) is 5.25. The Bertz CT molecular complexity index is 558. The molecule has 0 bridgehead atoms. The molecule has 126 valence electrons. The van der Waals surface area contributed by atoms with E-state index >= 15 is 0 Å². The average molecular weight is 319 g/mol. The van der Waals surface area contributed by atoms with Crippen LogP contribution in [0.1, 0.15) is 25.3 Å². The zero-order valence-electron chi connectivity index (χ0n) is 14.0. The lowest BCUT2D eigenvalue weighted by Crippen LogP contribution is -2.47. The summed E-state index contributed by atoms with van der Waals surface area (Å²) in [6, 6.07) is 7.52. The van der Waals surface area contributed by atoms with E-state index in [0.717, 1.165) is 24.2 Å². The fourth-order valence-corrected chi connectivity index (χ4v) is 2.24. The smallest absolute Gasteiger partial charge is 0.237 e. The lowest BCUT2D eigenvalue weighted by molar-refractivity contribution is -0.127. The molecule has 2 rings (SSSR count). The highest BCUT2D eigenvalue weighted by molar-refractivity contribution is 5.83. The maximum Gasteiger partial charge on any atom is 0.237 e. The number of likely N-dealkylation sites (N-methyl/N-ethyl adjacent to an activating group) is 1. The van der Waals surface area contributed by atoms with E-state index in [1.165, 1.54) is 0 Å². The van der Waals surface area contributed by atoms with Gasteiger partial charge in [-0.15, -0.1) is 0 Å². The first-order chi connectivity index (χ1) is 11.0. The Labute approximate surface area is 137 Å². The Balaban J connectivity index is 1.80. The van der Waals surface area contributed by atoms with Crippen molar-refractivity contribution in [3.63, 3.8) is 0 Å². The van der Waals surface area contributed by atoms with Crippen LogP contribution < -0.4 is 15.4 Å². The van der Waals surface area contributed by atoms with Crippen molar-refractivity contribution in [1.29, 1.82) is 0 Å². The van der Waals surface area contributed by atoms with E-state index in [1.54, 1.807) is 26.0 Å². The number of hydrogen-bond donors (Lipinski definition) is 2. The Morgan fingerprint density at radius 1 is 1.35 bits per heavy atom. The number of rotatable bonds is 8. The second-order valence-corrected chi connectivity index (χ2v) is 5.96. The van der Waals surface area contributed by atoms with Crippen LogP contribution in [0.4, 0.5) is 0 Å². The van der Waals surface area contributed by atoms with Crippen molar-refractivity contribution in [2.75, 3.05) is 20.7 Å². The van der Waals surface area contributed by atoms with Gasteiger partial charge in [0.25, 0.3) is 0 Å². The number of nitrogens with one attached hydrogen (secondary N) is 2. The monoisotopic (exact) mass is 319 g/mol. The van der Waals surface area contributed by atoms with E-state index in [0.29, 0.717) is 12.6 Å². The molecule has 2 amide bonds. The molecule has 1 fully saturated rings. The number of amides is 2. The molecule has 0 heterocycles. The van der Waals surface area contributed by atoms with Crippen molar-refractivity contribution in [3.05, 3.63) is 29.8 Å². The fraction of sp³-hybridized carbons (Fsp3) is 0.529. The summed E-state index contributed by atoms with van der Waals surface area (Å²) < 4.78 is 5.27. The highest BCUT2D eigenvalue weighted by atomic mass is 16.5. The van der Waals surface area contributed by atoms with E-state index in [2.05, 4.69) is 10.6 Å². The molecule has 0 radical (unpaired) electrons. The van der Waals surface area contributed by atoms with Gasteiger partial charge in [-0.2, -0.15) is 0 Å². The minimum absolute atomic E-state index is 0.0284. The number of carbonyl (C=O) groups is 2. The van der Waals surface area contributed by atoms with Gasteiger partial charge in [-0.25, -0.2) is 0 Å². The number of hydrogen-bond acceptors (Lipinski definition) is 4. The van der Waals surface area contributed by atoms with Crippen LogP contribution >= 0.6 is 0 Å². The van der Waals surface area contributed by atoms with E-state index in [9.17, 15) is 9.59 Å². The second-order valence-electron chi connectivity index (χ2n) is 5.96. The second kappa shape index (κ2) is 7.97. The highest BCUT2D eigenvalue weighted by Crippen LogP contribution is 2.18. The number of benzene rings is 1. The van der Waals surface area contributed by atoms with Gasteiger partial charge in [0.05, 0.1) is 19.7 Å². The standard InChI is InChI=1S/C17H25N3O3/c1-12(20(2)11-16(21)19-14-8-9-14)17(22)18-10-13-6-4-5-7-15(13)23-3/h4-7,12,14H,8-11H2,1-3H3,(H,18,22)(H,19,21). The summed E-state index contributed by atoms with van der Waals surface area (Å²) in [5.74, 6) is 0.606. The molecule has 2 N–H and O–H groups in total. The van der Waals surface area contributed by atoms with Crippen molar-refractivity contribution in [2.24, 2.45) is 0 Å². The molecule has 1 atom stereocenters. The number of carbonyl (C=O) groups excluding carboxylic acids is 2. The highest BCUT2D eigenvalue weighted by Gasteiger charge is 2.25. The summed E-state index contributed by atoms with van der Waals surface area (Å²) in [6.07, 6.45) is 2.12. The largest absolute Gasteiger partial charge is 0.496 e. The van der Waals surface area contributed by atoms with Gasteiger partial charge >= 0.3 is 0 Å². The molecule has 1 unspecified atom stereocenters. The lowest BCUT2D eigenvalue weighted by atomic mass is 10.2. The van der Waals surface area contributed by atoms with E-state index < -0.39 is 0 Å². The van der Waals surface area contributed by atoms with E-state index in [4.69, 9.17) is 4.74 Å². The van der Waals surface area contributed by atoms with Crippen molar-refractivity contribution in [3.8, 4) is 5.75 Å². The maximum atomic E-state index is 12.2. The Morgan fingerprint density at radius 3 is 2.70 bits per heavy atom. The summed E-state index contributed by atoms with van der Waals surface area (Å²) in [6.45, 7) is 2.41. The van der Waals surface area contributed by atoms with Gasteiger partial charge in [-0.1, -0.05) is 18.2 Å². The molecule has 1 aliphatic carbocycles. The number of para-hydroxylation sites is 1. The summed E-state index contributed by atoms with van der Waals surface area (Å²) >= 11 is 0. The molecular formula is C17H25N3O3. The van der Waals surface area contributed by atoms with Crippen LogP contribution in [0.2, 0.25) is 0 Å². The first kappa shape index (κ1) is 17.3. The minimum Gasteiger partial charge on any atom is -0.496 e. The predicted molar refractivity (Wildman–Crippen MR) is 88.1 cm³/mol. The van der Waals surface area contributed by atoms with Crippen LogP contribution in [0, 0.1) is 0 Å². The molecule has 1 aromatic carbocycles. The Hall–Kier alpha value is -2.08. The van der Waals surface area contributed by atoms with Gasteiger partial charge in [-0.05, 0) is 32.9 Å². The van der Waals surface area contributed by atoms with Crippen molar-refractivity contribution in [1.82, 2.24) is 15.5 Å². The maximum absolute atomic E-state index is 12.2. The minimum atomic E-state index is -0.380. The van der Waals surface area contributed by atoms with Crippen LogP contribution in [-0.2, 0) is 16.1 Å². The normalized spacial score (nSPS) is 15.1. The predicted octanol–water partition coefficient (Wildman–Crippen LogP) is 0.910. The molecule has 6 nitrogen and oxygen atoms in total. The Morgan fingerprint density at radius 2 is 2.04 bits per heavy atom. The summed E-state index contributed by atoms with van der Waals surface area (Å²) in [5, 5.41) is 5.81. The first-order valence-electron chi connectivity index (χ1n) is 7.90. The summed E-state index contributed by atoms with van der Waals surface area (Å²) in [4.78, 5) is 25.8. The number of nitrogens with zero attached hydrogens (tertiary/aromatic N) is 1. The molecule has 0 aliphatic heterocycles. The molecule has 23 heavy (non-hydrogen) atoms. The SMILES string of the molecule is COc1ccccc1CNC(=O)C(C)N(C)CC(=O)NC1CC1. The van der Waals surface area contributed by atoms with E-state index in [1.807, 2.05) is 24.3 Å². The van der Waals surface area contributed by atoms with Crippen molar-refractivity contribution < 1.29 is 14.3 Å². The number of ether oxygens (including phenoxy) is 1. The molecule has 1 aliphatic rings. The zero-order valence-corrected chi connectivity index (χ0v) is 14.0. The van der Waals surface area contributed by atoms with Crippen LogP contribution in [-0.4, -0.2) is 49.5 Å². The zero-order chi connectivity index (χ0) is 16.8. The van der Waals surface area contributed by atoms with Gasteiger partial charge in [0.15, 0.2) is 0 Å². The number of methoxy groups -OCH3 is 1. The van der Waals surface area contributed by atoms with Gasteiger partial charge < -0.3 is 15.4 Å². The molecule has 0 aromatic heterocycles. The van der Waals surface area contributed by atoms with Crippen LogP contribution in [0.25, 0.3) is 0 Å². The van der Waals surface area contributed by atoms with Gasteiger partial charge in [0, 0.05) is 18.2 Å². The topological polar surface area (TPSA) is 70.7 Å². The van der Waals surface area contributed by atoms with Crippen molar-refractivity contribution in [2.45, 2.75) is 38.4 Å². The van der Waals surface area contributed by atoms with Crippen LogP contribution in [0.15, 0.2) is 24.3 Å². The van der Waals surface area contributed by atoms with Gasteiger partial charge in [0.2, 0.25) is 11.8 Å². The van der Waals surface area contributed by atoms with E-state index in [-0.39, 0.29) is 24.4 Å². The molecule has 6 heteroatoms. The van der Waals surface area contributed by atoms with Crippen LogP contribution in [0.3, 0.4) is 0 Å². The molecule has 0 spiro atoms. The van der Waals surface area contributed by atoms with Gasteiger partial charge in [-0.3, -0.25) is 14.5 Å². The third-order valence-electron chi connectivity index (χ3n) is 4.02. The first-order valence-corrected chi connectivity index (χ1v) is 7.90. The quantitative estimate of drug-likeness (QED) is 0.747. The molecule has 0 saturated heterocycles. The molecule has 1 aromatic rings. The van der Waals surface area contributed by atoms with Crippen molar-refractivity contribution >= 4 is 11.8 Å². The fourth-order valence-electron chi connectivity index (χ4n) is 2.24. The average Bonchev–Trinajstić information content (AvgIpc) is 3.35. The van der Waals surface area contributed by atoms with Gasteiger partial charge in [0.1, 0.15) is 5.75 Å². The Kier molecular flexibility index (Phi) is 5.98. The summed E-state index contributed by atoms with van der Waals surface area (Å²) in [5.41, 5.74) is 0.921. The van der Waals surface area contributed by atoms with Crippen LogP contribution in [0.5, 0.6) is 5.75 Å². The molecule has 1 saturated carbocycles. The lowest BCUT2D eigenvalue weighted by Gasteiger charge is -2.23. The summed E-state index contributed by atoms with van der Waals surface area (Å²) in [7, 11) is 3.38.